The van der Waals surface area contributed by atoms with Crippen molar-refractivity contribution < 1.29 is 80.2 Å². The third-order valence-electron chi connectivity index (χ3n) is 19.5. The molecule has 3 N–H and O–H groups in total. The second kappa shape index (κ2) is 74.5. The van der Waals surface area contributed by atoms with Crippen molar-refractivity contribution in [3.8, 4) is 0 Å². The number of unbranched alkanes of at least 4 members (excludes halogenated alkanes) is 52. The van der Waals surface area contributed by atoms with Crippen molar-refractivity contribution in [1.82, 2.24) is 0 Å². The Bertz CT molecular complexity index is 1960. The molecule has 0 fully saturated rings. The van der Waals surface area contributed by atoms with E-state index in [0.29, 0.717) is 25.7 Å². The van der Waals surface area contributed by atoms with Gasteiger partial charge >= 0.3 is 39.5 Å². The predicted octanol–water partition coefficient (Wildman–Crippen LogP) is 25.1. The van der Waals surface area contributed by atoms with Gasteiger partial charge in [0.2, 0.25) is 0 Å². The molecule has 0 aromatic carbocycles. The lowest BCUT2D eigenvalue weighted by molar-refractivity contribution is -0.161. The zero-order chi connectivity index (χ0) is 74.9. The number of phosphoric acid groups is 2. The van der Waals surface area contributed by atoms with Crippen LogP contribution in [0, 0.1) is 11.8 Å². The molecule has 0 amide bonds. The number of hydrogen-bond donors (Lipinski definition) is 3. The number of carbonyl (C=O) groups excluding carboxylic acids is 4. The third-order valence-corrected chi connectivity index (χ3v) is 21.4. The number of phosphoric ester groups is 2. The van der Waals surface area contributed by atoms with E-state index in [2.05, 4.69) is 41.5 Å². The second-order valence-electron chi connectivity index (χ2n) is 30.8. The van der Waals surface area contributed by atoms with E-state index in [1.807, 2.05) is 0 Å². The molecule has 0 saturated heterocycles. The molecule has 606 valence electrons. The molecule has 5 atom stereocenters. The van der Waals surface area contributed by atoms with Crippen LogP contribution in [0.25, 0.3) is 0 Å². The summed E-state index contributed by atoms with van der Waals surface area (Å²) in [4.78, 5) is 73.0. The van der Waals surface area contributed by atoms with Gasteiger partial charge in [0.1, 0.15) is 19.3 Å². The van der Waals surface area contributed by atoms with Gasteiger partial charge in [0.05, 0.1) is 26.4 Å². The van der Waals surface area contributed by atoms with Gasteiger partial charge in [0, 0.05) is 25.7 Å². The molecule has 0 aliphatic rings. The molecule has 0 bridgehead atoms. The van der Waals surface area contributed by atoms with Crippen LogP contribution in [0.5, 0.6) is 0 Å². The summed E-state index contributed by atoms with van der Waals surface area (Å²) in [6.07, 6.45) is 65.2. The van der Waals surface area contributed by atoms with E-state index in [1.54, 1.807) is 0 Å². The summed E-state index contributed by atoms with van der Waals surface area (Å²) in [6.45, 7) is 9.70. The van der Waals surface area contributed by atoms with Gasteiger partial charge in [-0.15, -0.1) is 0 Å². The van der Waals surface area contributed by atoms with Crippen LogP contribution in [0.4, 0.5) is 0 Å². The molecule has 0 spiro atoms. The number of aliphatic hydroxyl groups excluding tert-OH is 1. The fourth-order valence-electron chi connectivity index (χ4n) is 12.9. The SMILES string of the molecule is CCCCCCCCCCCCCCCCC(=O)O[C@H](COC(=O)CCCCCCCCCCC)COP(=O)(O)OC[C@H](O)COP(=O)(O)OC[C@@H](COC(=O)CCCCCCCCCCCCCCCCCC(C)C)OC(=O)CCCCCCCCCCCCCCCCCCCCC(C)C. The van der Waals surface area contributed by atoms with E-state index in [-0.39, 0.29) is 25.7 Å². The fraction of sp³-hybridized carbons (Fsp3) is 0.952. The highest BCUT2D eigenvalue weighted by molar-refractivity contribution is 7.47. The van der Waals surface area contributed by atoms with Gasteiger partial charge in [-0.2, -0.15) is 0 Å². The highest BCUT2D eigenvalue weighted by Gasteiger charge is 2.30. The first-order valence-electron chi connectivity index (χ1n) is 43.0. The second-order valence-corrected chi connectivity index (χ2v) is 33.7. The molecule has 0 aromatic heterocycles. The molecule has 102 heavy (non-hydrogen) atoms. The van der Waals surface area contributed by atoms with E-state index in [9.17, 15) is 43.2 Å². The van der Waals surface area contributed by atoms with Crippen molar-refractivity contribution in [2.45, 2.75) is 458 Å². The van der Waals surface area contributed by atoms with Gasteiger partial charge < -0.3 is 33.8 Å². The predicted molar refractivity (Wildman–Crippen MR) is 418 cm³/mol. The fourth-order valence-corrected chi connectivity index (χ4v) is 14.5. The third kappa shape index (κ3) is 76.3. The molecule has 0 saturated carbocycles. The Balaban J connectivity index is 5.21. The lowest BCUT2D eigenvalue weighted by Crippen LogP contribution is -2.30. The summed E-state index contributed by atoms with van der Waals surface area (Å²) in [5.41, 5.74) is 0. The zero-order valence-electron chi connectivity index (χ0n) is 66.9. The van der Waals surface area contributed by atoms with Crippen LogP contribution in [-0.2, 0) is 65.4 Å². The molecule has 2 unspecified atom stereocenters. The summed E-state index contributed by atoms with van der Waals surface area (Å²) in [5, 5.41) is 10.6. The van der Waals surface area contributed by atoms with Crippen molar-refractivity contribution in [1.29, 1.82) is 0 Å². The molecule has 0 aliphatic carbocycles. The normalized spacial score (nSPS) is 13.9. The van der Waals surface area contributed by atoms with Crippen LogP contribution in [0.1, 0.15) is 440 Å². The first-order chi connectivity index (χ1) is 49.4. The molecule has 0 radical (unpaired) electrons. The van der Waals surface area contributed by atoms with Crippen molar-refractivity contribution in [2.24, 2.45) is 11.8 Å². The summed E-state index contributed by atoms with van der Waals surface area (Å²) in [5.74, 6) is -0.479. The Hall–Kier alpha value is -1.94. The highest BCUT2D eigenvalue weighted by Crippen LogP contribution is 2.45. The van der Waals surface area contributed by atoms with Gasteiger partial charge in [0.25, 0.3) is 0 Å². The maximum absolute atomic E-state index is 13.1. The summed E-state index contributed by atoms with van der Waals surface area (Å²) in [7, 11) is -9.92. The average molecular weight is 1490 g/mol. The van der Waals surface area contributed by atoms with Crippen molar-refractivity contribution in [2.75, 3.05) is 39.6 Å². The quantitative estimate of drug-likeness (QED) is 0.0222. The monoisotopic (exact) mass is 1490 g/mol. The first-order valence-corrected chi connectivity index (χ1v) is 46.0. The van der Waals surface area contributed by atoms with Crippen molar-refractivity contribution >= 4 is 39.5 Å². The number of ether oxygens (including phenoxy) is 4. The Morgan fingerprint density at radius 1 is 0.265 bits per heavy atom. The number of hydrogen-bond acceptors (Lipinski definition) is 15. The van der Waals surface area contributed by atoms with Crippen molar-refractivity contribution in [3.05, 3.63) is 0 Å². The molecule has 0 heterocycles. The van der Waals surface area contributed by atoms with E-state index in [1.165, 1.54) is 257 Å². The molecular formula is C83H162O17P2. The van der Waals surface area contributed by atoms with E-state index < -0.39 is 97.5 Å². The molecule has 19 heteroatoms. The minimum Gasteiger partial charge on any atom is -0.462 e. The standard InChI is InChI=1S/C83H162O17P2/c1-7-9-11-13-15-17-18-19-31-37-43-49-55-61-67-82(87)99-78(71-93-80(85)65-59-53-47-39-16-14-12-10-8-2)73-97-101(89,90)95-69-77(84)70-96-102(91,92)98-74-79(72-94-81(86)66-60-54-48-42-36-32-28-24-26-30-35-41-46-52-58-64-76(5)6)100-83(88)68-62-56-50-44-38-33-27-23-21-20-22-25-29-34-40-45-51-57-63-75(3)4/h75-79,84H,7-74H2,1-6H3,(H,89,90)(H,91,92)/t77-,78+,79+/m0/s1. The number of esters is 4. The molecular weight excluding hydrogens is 1330 g/mol. The average Bonchev–Trinajstić information content (AvgIpc) is 0.914. The van der Waals surface area contributed by atoms with Gasteiger partial charge in [-0.25, -0.2) is 9.13 Å². The molecule has 0 aliphatic heterocycles. The number of aliphatic hydroxyl groups is 1. The smallest absolute Gasteiger partial charge is 0.462 e. The van der Waals surface area contributed by atoms with E-state index in [0.717, 1.165) is 102 Å². The topological polar surface area (TPSA) is 237 Å². The Morgan fingerprint density at radius 3 is 0.667 bits per heavy atom. The Morgan fingerprint density at radius 2 is 0.451 bits per heavy atom. The minimum absolute atomic E-state index is 0.108. The van der Waals surface area contributed by atoms with E-state index in [4.69, 9.17) is 37.0 Å². The zero-order valence-corrected chi connectivity index (χ0v) is 68.7. The van der Waals surface area contributed by atoms with Gasteiger partial charge in [0.15, 0.2) is 12.2 Å². The van der Waals surface area contributed by atoms with Crippen LogP contribution in [-0.4, -0.2) is 96.7 Å². The number of carbonyl (C=O) groups is 4. The molecule has 0 rings (SSSR count). The van der Waals surface area contributed by atoms with Crippen LogP contribution < -0.4 is 0 Å². The molecule has 17 nitrogen and oxygen atoms in total. The van der Waals surface area contributed by atoms with Crippen molar-refractivity contribution in [3.63, 3.8) is 0 Å². The largest absolute Gasteiger partial charge is 0.472 e. The summed E-state index contributed by atoms with van der Waals surface area (Å²) >= 11 is 0. The van der Waals surface area contributed by atoms with Crippen LogP contribution in [0.3, 0.4) is 0 Å². The minimum atomic E-state index is -4.96. The van der Waals surface area contributed by atoms with Crippen LogP contribution in [0.15, 0.2) is 0 Å². The van der Waals surface area contributed by atoms with Crippen LogP contribution >= 0.6 is 15.6 Å². The highest BCUT2D eigenvalue weighted by atomic mass is 31.2. The lowest BCUT2D eigenvalue weighted by Gasteiger charge is -2.21. The Kier molecular flexibility index (Phi) is 73.1. The van der Waals surface area contributed by atoms with Gasteiger partial charge in [-0.1, -0.05) is 388 Å². The molecule has 0 aromatic rings. The first kappa shape index (κ1) is 100. The maximum atomic E-state index is 13.1. The number of rotatable bonds is 82. The lowest BCUT2D eigenvalue weighted by atomic mass is 10.0. The Labute approximate surface area is 626 Å². The summed E-state index contributed by atoms with van der Waals surface area (Å²) in [6, 6.07) is 0. The van der Waals surface area contributed by atoms with Crippen LogP contribution in [0.2, 0.25) is 0 Å². The van der Waals surface area contributed by atoms with Gasteiger partial charge in [-0.05, 0) is 37.5 Å². The van der Waals surface area contributed by atoms with E-state index >= 15 is 0 Å². The van der Waals surface area contributed by atoms with Gasteiger partial charge in [-0.3, -0.25) is 37.3 Å². The maximum Gasteiger partial charge on any atom is 0.472 e. The summed E-state index contributed by atoms with van der Waals surface area (Å²) < 4.78 is 68.7.